The molecular formula is C21H23N3O3. The third-order valence-electron chi connectivity index (χ3n) is 4.90. The van der Waals surface area contributed by atoms with E-state index < -0.39 is 6.10 Å². The number of benzene rings is 1. The Morgan fingerprint density at radius 2 is 2.00 bits per heavy atom. The zero-order chi connectivity index (χ0) is 18.6. The van der Waals surface area contributed by atoms with Crippen LogP contribution in [-0.4, -0.2) is 52.4 Å². The number of nitrogens with zero attached hydrogens (tertiary/aromatic N) is 3. The third-order valence-corrected chi connectivity index (χ3v) is 4.90. The molecule has 0 aliphatic carbocycles. The first-order chi connectivity index (χ1) is 13.2. The summed E-state index contributed by atoms with van der Waals surface area (Å²) in [4.78, 5) is 10.8. The van der Waals surface area contributed by atoms with Crippen LogP contribution in [-0.2, 0) is 6.54 Å². The second kappa shape index (κ2) is 7.90. The summed E-state index contributed by atoms with van der Waals surface area (Å²) in [6.07, 6.45) is 3.49. The van der Waals surface area contributed by atoms with Gasteiger partial charge in [-0.15, -0.1) is 0 Å². The number of fused-ring (bicyclic) bond motifs is 1. The van der Waals surface area contributed by atoms with Gasteiger partial charge in [0.2, 0.25) is 5.88 Å². The molecule has 1 saturated heterocycles. The SMILES string of the molecule is COc1ncccc1CN1CC[C@@H](Oc2ccc3ncccc3c2)[C@H](O)C1. The number of aliphatic hydroxyl groups excluding tert-OH is 1. The summed E-state index contributed by atoms with van der Waals surface area (Å²) in [6, 6.07) is 13.7. The van der Waals surface area contributed by atoms with Gasteiger partial charge < -0.3 is 14.6 Å². The quantitative estimate of drug-likeness (QED) is 0.750. The highest BCUT2D eigenvalue weighted by Gasteiger charge is 2.29. The molecule has 3 heterocycles. The number of hydrogen-bond donors (Lipinski definition) is 1. The van der Waals surface area contributed by atoms with Crippen molar-refractivity contribution in [2.75, 3.05) is 20.2 Å². The van der Waals surface area contributed by atoms with Crippen LogP contribution in [0.15, 0.2) is 54.9 Å². The van der Waals surface area contributed by atoms with E-state index in [1.165, 1.54) is 0 Å². The summed E-state index contributed by atoms with van der Waals surface area (Å²) >= 11 is 0. The van der Waals surface area contributed by atoms with Crippen molar-refractivity contribution < 1.29 is 14.6 Å². The molecule has 27 heavy (non-hydrogen) atoms. The van der Waals surface area contributed by atoms with E-state index in [2.05, 4.69) is 14.9 Å². The third kappa shape index (κ3) is 4.02. The lowest BCUT2D eigenvalue weighted by Gasteiger charge is -2.36. The summed E-state index contributed by atoms with van der Waals surface area (Å²) in [5.74, 6) is 1.40. The molecule has 0 unspecified atom stereocenters. The predicted molar refractivity (Wildman–Crippen MR) is 103 cm³/mol. The van der Waals surface area contributed by atoms with Crippen molar-refractivity contribution in [1.29, 1.82) is 0 Å². The zero-order valence-corrected chi connectivity index (χ0v) is 15.3. The lowest BCUT2D eigenvalue weighted by molar-refractivity contribution is -0.0276. The maximum absolute atomic E-state index is 10.6. The highest BCUT2D eigenvalue weighted by Crippen LogP contribution is 2.25. The highest BCUT2D eigenvalue weighted by molar-refractivity contribution is 5.79. The molecule has 0 amide bonds. The number of rotatable bonds is 5. The number of hydrogen-bond acceptors (Lipinski definition) is 6. The minimum atomic E-state index is -0.550. The minimum Gasteiger partial charge on any atom is -0.488 e. The van der Waals surface area contributed by atoms with Crippen LogP contribution < -0.4 is 9.47 Å². The topological polar surface area (TPSA) is 67.7 Å². The summed E-state index contributed by atoms with van der Waals surface area (Å²) in [6.45, 7) is 2.09. The molecule has 1 fully saturated rings. The van der Waals surface area contributed by atoms with Crippen molar-refractivity contribution in [2.45, 2.75) is 25.2 Å². The van der Waals surface area contributed by atoms with E-state index >= 15 is 0 Å². The van der Waals surface area contributed by atoms with Crippen LogP contribution in [0.3, 0.4) is 0 Å². The Morgan fingerprint density at radius 1 is 1.15 bits per heavy atom. The van der Waals surface area contributed by atoms with Gasteiger partial charge in [0.25, 0.3) is 0 Å². The lowest BCUT2D eigenvalue weighted by atomic mass is 10.0. The van der Waals surface area contributed by atoms with Crippen LogP contribution in [0.2, 0.25) is 0 Å². The Hall–Kier alpha value is -2.70. The first kappa shape index (κ1) is 17.7. The number of β-amino-alcohol motifs (C(OH)–C–C–N with tert-alkyl or cyclic N) is 1. The average molecular weight is 365 g/mol. The molecule has 1 aliphatic heterocycles. The van der Waals surface area contributed by atoms with Gasteiger partial charge in [0.15, 0.2) is 0 Å². The van der Waals surface area contributed by atoms with Crippen LogP contribution in [0.4, 0.5) is 0 Å². The van der Waals surface area contributed by atoms with Crippen LogP contribution in [0.1, 0.15) is 12.0 Å². The van der Waals surface area contributed by atoms with Crippen molar-refractivity contribution >= 4 is 10.9 Å². The number of likely N-dealkylation sites (tertiary alicyclic amines) is 1. The Bertz CT molecular complexity index is 918. The van der Waals surface area contributed by atoms with Crippen LogP contribution >= 0.6 is 0 Å². The van der Waals surface area contributed by atoms with Gasteiger partial charge in [-0.25, -0.2) is 4.98 Å². The van der Waals surface area contributed by atoms with E-state index in [-0.39, 0.29) is 6.10 Å². The molecule has 4 rings (SSSR count). The lowest BCUT2D eigenvalue weighted by Crippen LogP contribution is -2.48. The van der Waals surface area contributed by atoms with Crippen molar-refractivity contribution in [1.82, 2.24) is 14.9 Å². The molecule has 0 bridgehead atoms. The van der Waals surface area contributed by atoms with Gasteiger partial charge in [-0.05, 0) is 36.8 Å². The van der Waals surface area contributed by atoms with Gasteiger partial charge in [0.1, 0.15) is 18.0 Å². The number of pyridine rings is 2. The van der Waals surface area contributed by atoms with Crippen molar-refractivity contribution in [3.8, 4) is 11.6 Å². The molecular weight excluding hydrogens is 342 g/mol. The van der Waals surface area contributed by atoms with E-state index in [1.807, 2.05) is 42.5 Å². The van der Waals surface area contributed by atoms with E-state index in [0.717, 1.165) is 35.2 Å². The fourth-order valence-corrected chi connectivity index (χ4v) is 3.53. The van der Waals surface area contributed by atoms with Crippen LogP contribution in [0, 0.1) is 0 Å². The van der Waals surface area contributed by atoms with Gasteiger partial charge in [0, 0.05) is 43.0 Å². The number of piperidine rings is 1. The molecule has 2 atom stereocenters. The number of methoxy groups -OCH3 is 1. The number of aliphatic hydroxyl groups is 1. The molecule has 140 valence electrons. The van der Waals surface area contributed by atoms with Crippen LogP contribution in [0.25, 0.3) is 10.9 Å². The molecule has 1 aliphatic rings. The fourth-order valence-electron chi connectivity index (χ4n) is 3.53. The van der Waals surface area contributed by atoms with Crippen molar-refractivity contribution in [3.63, 3.8) is 0 Å². The molecule has 1 aromatic carbocycles. The summed E-state index contributed by atoms with van der Waals surface area (Å²) < 4.78 is 11.4. The zero-order valence-electron chi connectivity index (χ0n) is 15.3. The van der Waals surface area contributed by atoms with Gasteiger partial charge in [-0.3, -0.25) is 9.88 Å². The van der Waals surface area contributed by atoms with E-state index in [9.17, 15) is 5.11 Å². The van der Waals surface area contributed by atoms with E-state index in [1.54, 1.807) is 19.5 Å². The molecule has 0 radical (unpaired) electrons. The molecule has 1 N–H and O–H groups in total. The number of aromatic nitrogens is 2. The summed E-state index contributed by atoms with van der Waals surface area (Å²) in [5.41, 5.74) is 1.96. The van der Waals surface area contributed by atoms with Crippen molar-refractivity contribution in [3.05, 3.63) is 60.4 Å². The Balaban J connectivity index is 1.39. The smallest absolute Gasteiger partial charge is 0.217 e. The highest BCUT2D eigenvalue weighted by atomic mass is 16.5. The minimum absolute atomic E-state index is 0.217. The predicted octanol–water partition coefficient (Wildman–Crippen LogP) is 2.65. The van der Waals surface area contributed by atoms with Gasteiger partial charge in [0.05, 0.1) is 12.6 Å². The molecule has 2 aromatic heterocycles. The molecule has 0 spiro atoms. The monoisotopic (exact) mass is 365 g/mol. The summed E-state index contributed by atoms with van der Waals surface area (Å²) in [5, 5.41) is 11.6. The standard InChI is InChI=1S/C21H23N3O3/c1-26-21-16(5-3-10-23-21)13-24-11-8-20(19(25)14-24)27-17-6-7-18-15(12-17)4-2-9-22-18/h2-7,9-10,12,19-20,25H,8,11,13-14H2,1H3/t19-,20-/m1/s1. The second-order valence-corrected chi connectivity index (χ2v) is 6.78. The summed E-state index contributed by atoms with van der Waals surface area (Å²) in [7, 11) is 1.62. The van der Waals surface area contributed by atoms with Gasteiger partial charge in [-0.2, -0.15) is 0 Å². The average Bonchev–Trinajstić information content (AvgIpc) is 2.70. The van der Waals surface area contributed by atoms with Crippen LogP contribution in [0.5, 0.6) is 11.6 Å². The Kier molecular flexibility index (Phi) is 5.18. The Morgan fingerprint density at radius 3 is 2.85 bits per heavy atom. The maximum atomic E-state index is 10.6. The van der Waals surface area contributed by atoms with E-state index in [4.69, 9.17) is 9.47 Å². The van der Waals surface area contributed by atoms with E-state index in [0.29, 0.717) is 19.0 Å². The molecule has 6 heteroatoms. The normalized spacial score (nSPS) is 20.5. The molecule has 3 aromatic rings. The fraction of sp³-hybridized carbons (Fsp3) is 0.333. The van der Waals surface area contributed by atoms with Gasteiger partial charge >= 0.3 is 0 Å². The molecule has 6 nitrogen and oxygen atoms in total. The first-order valence-corrected chi connectivity index (χ1v) is 9.12. The molecule has 0 saturated carbocycles. The Labute approximate surface area is 158 Å². The van der Waals surface area contributed by atoms with Gasteiger partial charge in [-0.1, -0.05) is 12.1 Å². The maximum Gasteiger partial charge on any atom is 0.217 e. The first-order valence-electron chi connectivity index (χ1n) is 9.12. The number of ether oxygens (including phenoxy) is 2. The largest absolute Gasteiger partial charge is 0.488 e. The second-order valence-electron chi connectivity index (χ2n) is 6.78. The van der Waals surface area contributed by atoms with Crippen molar-refractivity contribution in [2.24, 2.45) is 0 Å².